The fraction of sp³-hybridized carbons (Fsp3) is 0.500. The number of hydrogen-bond donors (Lipinski definition) is 1. The highest BCUT2D eigenvalue weighted by atomic mass is 35.5. The molecule has 2 aromatic rings. The highest BCUT2D eigenvalue weighted by Gasteiger charge is 2.10. The molecule has 2 rings (SSSR count). The molecule has 0 atom stereocenters. The summed E-state index contributed by atoms with van der Waals surface area (Å²) in [6.07, 6.45) is 7.31. The smallest absolute Gasteiger partial charge is 0.0474 e. The third-order valence-corrected chi connectivity index (χ3v) is 5.73. The summed E-state index contributed by atoms with van der Waals surface area (Å²) in [5.41, 5.74) is 7.82. The molecule has 0 fully saturated rings. The molecular formula is C28H46Cl2N4. The maximum Gasteiger partial charge on any atom is 0.0474 e. The fourth-order valence-corrected chi connectivity index (χ4v) is 3.55. The van der Waals surface area contributed by atoms with Crippen molar-refractivity contribution in [1.82, 2.24) is 14.4 Å². The molecule has 0 saturated heterocycles. The number of hydrogen-bond acceptors (Lipinski definition) is 3. The average Bonchev–Trinajstić information content (AvgIpc) is 3.16. The van der Waals surface area contributed by atoms with Gasteiger partial charge in [0.25, 0.3) is 0 Å². The van der Waals surface area contributed by atoms with E-state index in [9.17, 15) is 0 Å². The first-order valence-electron chi connectivity index (χ1n) is 12.2. The van der Waals surface area contributed by atoms with Gasteiger partial charge in [0.15, 0.2) is 0 Å². The van der Waals surface area contributed by atoms with Crippen LogP contribution in [0.5, 0.6) is 0 Å². The number of allylic oxidation sites excluding steroid dienone is 2. The maximum absolute atomic E-state index is 6.17. The first kappa shape index (κ1) is 32.4. The zero-order valence-electron chi connectivity index (χ0n) is 22.4. The van der Waals surface area contributed by atoms with E-state index >= 15 is 0 Å². The van der Waals surface area contributed by atoms with Gasteiger partial charge in [-0.25, -0.2) is 0 Å². The summed E-state index contributed by atoms with van der Waals surface area (Å²) < 4.78 is 2.20. The van der Waals surface area contributed by atoms with Gasteiger partial charge in [-0.1, -0.05) is 68.3 Å². The summed E-state index contributed by atoms with van der Waals surface area (Å²) in [7, 11) is 4.16. The van der Waals surface area contributed by atoms with Crippen molar-refractivity contribution in [2.45, 2.75) is 54.1 Å². The summed E-state index contributed by atoms with van der Waals surface area (Å²) >= 11 is 12.3. The molecular weight excluding hydrogens is 463 g/mol. The van der Waals surface area contributed by atoms with E-state index in [0.29, 0.717) is 0 Å². The minimum absolute atomic E-state index is 0.729. The van der Waals surface area contributed by atoms with Gasteiger partial charge in [0.1, 0.15) is 0 Å². The van der Waals surface area contributed by atoms with Crippen molar-refractivity contribution in [3.63, 3.8) is 0 Å². The molecule has 1 aromatic carbocycles. The largest absolute Gasteiger partial charge is 0.347 e. The predicted octanol–water partition coefficient (Wildman–Crippen LogP) is 5.40. The molecule has 0 bridgehead atoms. The van der Waals surface area contributed by atoms with Crippen molar-refractivity contribution in [2.75, 3.05) is 40.3 Å². The number of halogens is 2. The Balaban J connectivity index is 0.000000601. The lowest BCUT2D eigenvalue weighted by atomic mass is 10.2. The Labute approximate surface area is 218 Å². The Bertz CT molecular complexity index is 924. The molecule has 192 valence electrons. The Hall–Kier alpha value is -1.56. The van der Waals surface area contributed by atoms with Crippen LogP contribution < -0.4 is 16.3 Å². The van der Waals surface area contributed by atoms with Gasteiger partial charge >= 0.3 is 0 Å². The molecule has 0 saturated carbocycles. The summed E-state index contributed by atoms with van der Waals surface area (Å²) in [5, 5.41) is 3.76. The van der Waals surface area contributed by atoms with Crippen molar-refractivity contribution < 1.29 is 0 Å². The van der Waals surface area contributed by atoms with Gasteiger partial charge in [0.05, 0.1) is 0 Å². The SMILES string of the molecule is C=c1ccn(CCCN)/c1=C/C=C(C)C.CC.CCN(CCN(C)C)Cc1c(Cl)cccc1Cl. The minimum atomic E-state index is 0.729. The molecule has 34 heavy (non-hydrogen) atoms. The molecule has 6 heteroatoms. The minimum Gasteiger partial charge on any atom is -0.347 e. The number of nitrogens with zero attached hydrogens (tertiary/aromatic N) is 3. The second kappa shape index (κ2) is 18.7. The van der Waals surface area contributed by atoms with E-state index in [1.54, 1.807) is 0 Å². The zero-order valence-corrected chi connectivity index (χ0v) is 23.9. The molecule has 0 aliphatic carbocycles. The zero-order chi connectivity index (χ0) is 26.1. The van der Waals surface area contributed by atoms with E-state index in [-0.39, 0.29) is 0 Å². The lowest BCUT2D eigenvalue weighted by molar-refractivity contribution is 0.244. The van der Waals surface area contributed by atoms with E-state index in [2.05, 4.69) is 74.2 Å². The Kier molecular flexibility index (Phi) is 17.9. The third-order valence-electron chi connectivity index (χ3n) is 5.03. The Morgan fingerprint density at radius 1 is 1.09 bits per heavy atom. The normalized spacial score (nSPS) is 11.1. The number of nitrogens with two attached hydrogens (primary N) is 1. The molecule has 0 unspecified atom stereocenters. The van der Waals surface area contributed by atoms with Gasteiger partial charge in [-0.05, 0) is 76.9 Å². The van der Waals surface area contributed by atoms with Crippen LogP contribution in [0, 0.1) is 0 Å². The number of likely N-dealkylation sites (N-methyl/N-ethyl adjacent to an activating group) is 2. The van der Waals surface area contributed by atoms with Crippen molar-refractivity contribution in [2.24, 2.45) is 5.73 Å². The van der Waals surface area contributed by atoms with Crippen LogP contribution in [0.15, 0.2) is 42.1 Å². The van der Waals surface area contributed by atoms with Gasteiger partial charge < -0.3 is 15.2 Å². The molecule has 2 N–H and O–H groups in total. The van der Waals surface area contributed by atoms with Gasteiger partial charge in [-0.2, -0.15) is 0 Å². The third kappa shape index (κ3) is 12.8. The first-order valence-corrected chi connectivity index (χ1v) is 12.9. The second-order valence-corrected chi connectivity index (χ2v) is 9.16. The first-order chi connectivity index (χ1) is 16.2. The summed E-state index contributed by atoms with van der Waals surface area (Å²) in [5.74, 6) is 0. The van der Waals surface area contributed by atoms with Gasteiger partial charge in [0, 0.05) is 53.3 Å². The van der Waals surface area contributed by atoms with Crippen LogP contribution in [0.2, 0.25) is 10.0 Å². The predicted molar refractivity (Wildman–Crippen MR) is 154 cm³/mol. The molecule has 1 heterocycles. The van der Waals surface area contributed by atoms with E-state index in [1.807, 2.05) is 38.1 Å². The van der Waals surface area contributed by atoms with E-state index in [1.165, 1.54) is 10.9 Å². The van der Waals surface area contributed by atoms with Crippen LogP contribution in [-0.2, 0) is 13.1 Å². The number of aryl methyl sites for hydroxylation is 1. The molecule has 0 aliphatic heterocycles. The van der Waals surface area contributed by atoms with E-state index in [0.717, 1.165) is 66.5 Å². The number of rotatable bonds is 10. The van der Waals surface area contributed by atoms with Crippen molar-refractivity contribution in [3.8, 4) is 0 Å². The van der Waals surface area contributed by atoms with E-state index < -0.39 is 0 Å². The number of benzene rings is 1. The second-order valence-electron chi connectivity index (χ2n) is 8.34. The topological polar surface area (TPSA) is 37.4 Å². The van der Waals surface area contributed by atoms with E-state index in [4.69, 9.17) is 28.9 Å². The Morgan fingerprint density at radius 3 is 2.21 bits per heavy atom. The summed E-state index contributed by atoms with van der Waals surface area (Å²) in [4.78, 5) is 4.52. The molecule has 0 radical (unpaired) electrons. The Morgan fingerprint density at radius 2 is 1.71 bits per heavy atom. The fourth-order valence-electron chi connectivity index (χ4n) is 3.03. The lowest BCUT2D eigenvalue weighted by Crippen LogP contribution is -2.31. The molecule has 0 aliphatic rings. The molecule has 1 aromatic heterocycles. The molecule has 0 amide bonds. The van der Waals surface area contributed by atoms with Crippen LogP contribution in [0.3, 0.4) is 0 Å². The van der Waals surface area contributed by atoms with Crippen molar-refractivity contribution >= 4 is 35.9 Å². The standard InChI is InChI=1S/C13H20Cl2N2.C13H20N2.C2H6/c1-4-17(9-8-16(2)3)10-11-12(14)6-5-7-13(11)15;1-11(2)5-6-13-12(3)7-10-15(13)9-4-8-14;1-2/h5-7H,4,8-10H2,1-3H3;5-7,10H,3-4,8-9,14H2,1-2H3;1-2H3/b;13-6+;. The van der Waals surface area contributed by atoms with Crippen molar-refractivity contribution in [1.29, 1.82) is 0 Å². The highest BCUT2D eigenvalue weighted by molar-refractivity contribution is 6.35. The van der Waals surface area contributed by atoms with Crippen molar-refractivity contribution in [3.05, 3.63) is 68.3 Å². The maximum atomic E-state index is 6.17. The average molecular weight is 510 g/mol. The quantitative estimate of drug-likeness (QED) is 0.466. The van der Waals surface area contributed by atoms with Gasteiger partial charge in [-0.3, -0.25) is 4.90 Å². The summed E-state index contributed by atoms with van der Waals surface area (Å²) in [6, 6.07) is 7.70. The van der Waals surface area contributed by atoms with Gasteiger partial charge in [0.2, 0.25) is 0 Å². The highest BCUT2D eigenvalue weighted by Crippen LogP contribution is 2.25. The monoisotopic (exact) mass is 508 g/mol. The molecule has 0 spiro atoms. The summed E-state index contributed by atoms with van der Waals surface area (Å²) in [6.45, 7) is 19.9. The van der Waals surface area contributed by atoms with Crippen LogP contribution in [0.4, 0.5) is 0 Å². The lowest BCUT2D eigenvalue weighted by Gasteiger charge is -2.23. The van der Waals surface area contributed by atoms with Crippen LogP contribution in [-0.4, -0.2) is 54.6 Å². The molecule has 4 nitrogen and oxygen atoms in total. The van der Waals surface area contributed by atoms with Gasteiger partial charge in [-0.15, -0.1) is 0 Å². The number of aromatic nitrogens is 1. The van der Waals surface area contributed by atoms with Crippen LogP contribution in [0.1, 0.15) is 46.6 Å². The van der Waals surface area contributed by atoms with Crippen LogP contribution >= 0.6 is 23.2 Å². The van der Waals surface area contributed by atoms with Crippen LogP contribution in [0.25, 0.3) is 12.7 Å².